The number of amides is 1. The van der Waals surface area contributed by atoms with E-state index in [1.54, 1.807) is 0 Å². The molecule has 1 aromatic carbocycles. The van der Waals surface area contributed by atoms with Gasteiger partial charge in [-0.15, -0.1) is 0 Å². The summed E-state index contributed by atoms with van der Waals surface area (Å²) in [6.45, 7) is 4.00. The van der Waals surface area contributed by atoms with Crippen molar-refractivity contribution >= 4 is 28.7 Å². The highest BCUT2D eigenvalue weighted by molar-refractivity contribution is 5.90. The highest BCUT2D eigenvalue weighted by Crippen LogP contribution is 2.42. The maximum absolute atomic E-state index is 11.6. The molecule has 5 N–H and O–H groups in total. The molecule has 2 aliphatic rings. The van der Waals surface area contributed by atoms with Crippen molar-refractivity contribution in [2.45, 2.75) is 44.7 Å². The largest absolute Gasteiger partial charge is 0.478 e. The minimum Gasteiger partial charge on any atom is -0.478 e. The lowest BCUT2D eigenvalue weighted by molar-refractivity contribution is -0.134. The summed E-state index contributed by atoms with van der Waals surface area (Å²) in [6.07, 6.45) is 6.52. The van der Waals surface area contributed by atoms with Crippen molar-refractivity contribution in [3.63, 3.8) is 0 Å². The zero-order valence-corrected chi connectivity index (χ0v) is 16.9. The summed E-state index contributed by atoms with van der Waals surface area (Å²) >= 11 is 0. The molecular weight excluding hydrogens is 386 g/mol. The van der Waals surface area contributed by atoms with Crippen LogP contribution in [0.25, 0.3) is 10.9 Å². The Balaban J connectivity index is 0.000000275. The molecule has 1 aliphatic heterocycles. The molecule has 160 valence electrons. The molecule has 1 amide bonds. The van der Waals surface area contributed by atoms with Gasteiger partial charge in [0.15, 0.2) is 0 Å². The minimum absolute atomic E-state index is 0.0456. The van der Waals surface area contributed by atoms with E-state index in [2.05, 4.69) is 41.2 Å². The van der Waals surface area contributed by atoms with Crippen LogP contribution in [0, 0.1) is 5.92 Å². The molecule has 1 aromatic heterocycles. The molecule has 1 fully saturated rings. The first-order valence-corrected chi connectivity index (χ1v) is 10.1. The number of hydrogen-bond donors (Lipinski definition) is 4. The number of piperidine rings is 1. The molecule has 0 spiro atoms. The third-order valence-electron chi connectivity index (χ3n) is 5.74. The second kappa shape index (κ2) is 9.13. The first-order chi connectivity index (χ1) is 14.3. The zero-order chi connectivity index (χ0) is 21.8. The number of primary amides is 1. The lowest BCUT2D eigenvalue weighted by Gasteiger charge is -2.39. The van der Waals surface area contributed by atoms with E-state index in [0.29, 0.717) is 24.1 Å². The molecule has 1 unspecified atom stereocenters. The van der Waals surface area contributed by atoms with E-state index in [9.17, 15) is 14.4 Å². The van der Waals surface area contributed by atoms with Crippen LogP contribution in [0.15, 0.2) is 36.5 Å². The fraction of sp³-hybridized carbons (Fsp3) is 0.409. The van der Waals surface area contributed by atoms with Crippen LogP contribution >= 0.6 is 0 Å². The van der Waals surface area contributed by atoms with Gasteiger partial charge in [0.25, 0.3) is 0 Å². The van der Waals surface area contributed by atoms with E-state index in [4.69, 9.17) is 15.9 Å². The Morgan fingerprint density at radius 2 is 1.93 bits per heavy atom. The van der Waals surface area contributed by atoms with Gasteiger partial charge in [0, 0.05) is 54.3 Å². The van der Waals surface area contributed by atoms with Gasteiger partial charge in [-0.3, -0.25) is 4.79 Å². The van der Waals surface area contributed by atoms with Crippen LogP contribution in [0.3, 0.4) is 0 Å². The highest BCUT2D eigenvalue weighted by atomic mass is 16.4. The Kier molecular flexibility index (Phi) is 6.56. The number of rotatable bonds is 5. The number of carboxylic acids is 2. The van der Waals surface area contributed by atoms with Crippen LogP contribution in [0.5, 0.6) is 0 Å². The van der Waals surface area contributed by atoms with Gasteiger partial charge >= 0.3 is 11.9 Å². The Labute approximate surface area is 174 Å². The number of aliphatic carboxylic acids is 2. The highest BCUT2D eigenvalue weighted by Gasteiger charge is 2.38. The van der Waals surface area contributed by atoms with E-state index in [0.717, 1.165) is 32.4 Å². The fourth-order valence-electron chi connectivity index (χ4n) is 4.50. The monoisotopic (exact) mass is 413 g/mol. The SMILES string of the molecule is CCCn1cc2c3c(cccc31)[C@H]1CC(C(N)=O)CN[C@@H]1C2.O=C(O)/C=C\C(=O)O. The van der Waals surface area contributed by atoms with Crippen LogP contribution < -0.4 is 11.1 Å². The third kappa shape index (κ3) is 4.54. The lowest BCUT2D eigenvalue weighted by atomic mass is 9.73. The first kappa shape index (κ1) is 21.6. The number of aryl methyl sites for hydroxylation is 1. The predicted molar refractivity (Wildman–Crippen MR) is 112 cm³/mol. The van der Waals surface area contributed by atoms with E-state index in [1.165, 1.54) is 22.0 Å². The van der Waals surface area contributed by atoms with Crippen LogP contribution in [0.1, 0.15) is 36.8 Å². The van der Waals surface area contributed by atoms with Crippen molar-refractivity contribution in [1.82, 2.24) is 9.88 Å². The molecule has 2 aromatic rings. The number of hydrogen-bond acceptors (Lipinski definition) is 4. The maximum Gasteiger partial charge on any atom is 0.328 e. The standard InChI is InChI=1S/C18H23N3O.C4H4O4/c1-2-6-21-10-12-8-15-14(7-11(9-20-15)18(19)22)13-4-3-5-16(21)17(12)13;5-3(6)1-2-4(7)8/h3-5,10-11,14-15,20H,2,6-9H2,1H3,(H2,19,22);1-2H,(H,5,6)(H,7,8)/b;2-1-/t11?,14-,15-;/m1./s1. The minimum atomic E-state index is -1.26. The molecule has 0 bridgehead atoms. The Hall–Kier alpha value is -3.13. The summed E-state index contributed by atoms with van der Waals surface area (Å²) in [5, 5.41) is 20.6. The Morgan fingerprint density at radius 1 is 1.23 bits per heavy atom. The molecule has 3 atom stereocenters. The molecule has 0 saturated carbocycles. The summed E-state index contributed by atoms with van der Waals surface area (Å²) in [7, 11) is 0. The van der Waals surface area contributed by atoms with Gasteiger partial charge in [0.2, 0.25) is 5.91 Å². The summed E-state index contributed by atoms with van der Waals surface area (Å²) in [6, 6.07) is 7.06. The zero-order valence-electron chi connectivity index (χ0n) is 16.9. The number of carbonyl (C=O) groups is 3. The van der Waals surface area contributed by atoms with Crippen molar-refractivity contribution in [3.8, 4) is 0 Å². The molecule has 1 aliphatic carbocycles. The number of aromatic nitrogens is 1. The van der Waals surface area contributed by atoms with Crippen molar-refractivity contribution < 1.29 is 24.6 Å². The van der Waals surface area contributed by atoms with Gasteiger partial charge in [-0.25, -0.2) is 9.59 Å². The molecule has 1 saturated heterocycles. The number of nitrogens with zero attached hydrogens (tertiary/aromatic N) is 1. The smallest absolute Gasteiger partial charge is 0.328 e. The third-order valence-corrected chi connectivity index (χ3v) is 5.74. The van der Waals surface area contributed by atoms with Crippen LogP contribution in [-0.2, 0) is 27.3 Å². The van der Waals surface area contributed by atoms with Gasteiger partial charge in [-0.2, -0.15) is 0 Å². The first-order valence-electron chi connectivity index (χ1n) is 10.1. The Bertz CT molecular complexity index is 978. The predicted octanol–water partition coefficient (Wildman–Crippen LogP) is 1.87. The lowest BCUT2D eigenvalue weighted by Crippen LogP contribution is -2.49. The van der Waals surface area contributed by atoms with Crippen LogP contribution in [0.4, 0.5) is 0 Å². The van der Waals surface area contributed by atoms with E-state index >= 15 is 0 Å². The Morgan fingerprint density at radius 3 is 2.53 bits per heavy atom. The topological polar surface area (TPSA) is 135 Å². The summed E-state index contributed by atoms with van der Waals surface area (Å²) in [5.41, 5.74) is 9.73. The molecule has 8 nitrogen and oxygen atoms in total. The van der Waals surface area contributed by atoms with Gasteiger partial charge in [-0.05, 0) is 36.5 Å². The van der Waals surface area contributed by atoms with E-state index in [-0.39, 0.29) is 11.8 Å². The van der Waals surface area contributed by atoms with Crippen molar-refractivity contribution in [1.29, 1.82) is 0 Å². The fourth-order valence-corrected chi connectivity index (χ4v) is 4.50. The number of nitrogens with one attached hydrogen (secondary N) is 1. The van der Waals surface area contributed by atoms with Crippen LogP contribution in [-0.4, -0.2) is 45.2 Å². The average Bonchev–Trinajstić information content (AvgIpc) is 3.05. The number of carboxylic acid groups (broad SMARTS) is 2. The molecule has 4 rings (SSSR count). The van der Waals surface area contributed by atoms with Crippen molar-refractivity contribution in [2.75, 3.05) is 6.54 Å². The summed E-state index contributed by atoms with van der Waals surface area (Å²) < 4.78 is 2.39. The normalized spacial score (nSPS) is 22.2. The van der Waals surface area contributed by atoms with Gasteiger partial charge < -0.3 is 25.8 Å². The number of fused-ring (bicyclic) bond motifs is 2. The second-order valence-corrected chi connectivity index (χ2v) is 7.76. The molecule has 2 heterocycles. The van der Waals surface area contributed by atoms with Crippen molar-refractivity contribution in [2.24, 2.45) is 11.7 Å². The summed E-state index contributed by atoms with van der Waals surface area (Å²) in [4.78, 5) is 30.7. The molecule has 30 heavy (non-hydrogen) atoms. The van der Waals surface area contributed by atoms with Gasteiger partial charge in [0.05, 0.1) is 5.92 Å². The molecule has 0 radical (unpaired) electrons. The number of benzene rings is 1. The molecule has 8 heteroatoms. The van der Waals surface area contributed by atoms with E-state index < -0.39 is 11.9 Å². The van der Waals surface area contributed by atoms with Gasteiger partial charge in [-0.1, -0.05) is 19.1 Å². The number of nitrogens with two attached hydrogens (primary N) is 1. The second-order valence-electron chi connectivity index (χ2n) is 7.76. The average molecular weight is 413 g/mol. The maximum atomic E-state index is 11.6. The molecular formula is C22H27N3O5. The summed E-state index contributed by atoms with van der Waals surface area (Å²) in [5.74, 6) is -2.33. The van der Waals surface area contributed by atoms with Crippen molar-refractivity contribution in [3.05, 3.63) is 47.7 Å². The van der Waals surface area contributed by atoms with Crippen LogP contribution in [0.2, 0.25) is 0 Å². The van der Waals surface area contributed by atoms with Gasteiger partial charge in [0.1, 0.15) is 0 Å². The van der Waals surface area contributed by atoms with E-state index in [1.807, 2.05) is 0 Å². The quantitative estimate of drug-likeness (QED) is 0.553. The number of carbonyl (C=O) groups excluding carboxylic acids is 1.